The van der Waals surface area contributed by atoms with Gasteiger partial charge >= 0.3 is 0 Å². The van der Waals surface area contributed by atoms with Crippen molar-refractivity contribution in [3.8, 4) is 0 Å². The zero-order valence-electron chi connectivity index (χ0n) is 11.9. The van der Waals surface area contributed by atoms with Gasteiger partial charge in [0.25, 0.3) is 0 Å². The topological polar surface area (TPSA) is 58.6 Å². The van der Waals surface area contributed by atoms with Crippen molar-refractivity contribution in [1.82, 2.24) is 10.2 Å². The number of hydrogen-bond acceptors (Lipinski definition) is 3. The van der Waals surface area contributed by atoms with Gasteiger partial charge in [-0.1, -0.05) is 12.8 Å². The number of carbonyl (C=O) groups excluding carboxylic acids is 2. The molecule has 19 heavy (non-hydrogen) atoms. The maximum Gasteiger partial charge on any atom is 0.246 e. The van der Waals surface area contributed by atoms with Crippen LogP contribution in [-0.4, -0.2) is 48.6 Å². The van der Waals surface area contributed by atoms with Crippen LogP contribution in [0.5, 0.6) is 0 Å². The molecule has 2 fully saturated rings. The van der Waals surface area contributed by atoms with E-state index in [4.69, 9.17) is 4.74 Å². The molecule has 5 heteroatoms. The van der Waals surface area contributed by atoms with Crippen LogP contribution in [0, 0.1) is 0 Å². The third-order valence-electron chi connectivity index (χ3n) is 4.33. The van der Waals surface area contributed by atoms with E-state index in [-0.39, 0.29) is 17.9 Å². The van der Waals surface area contributed by atoms with E-state index >= 15 is 0 Å². The standard InChI is InChI=1S/C14H24N2O3/c1-11-12(17)16(9-5-6-10-19-2)14(13(18)15-11)7-3-4-8-14/h11H,3-10H2,1-2H3,(H,15,18). The number of hydrogen-bond donors (Lipinski definition) is 1. The van der Waals surface area contributed by atoms with E-state index in [9.17, 15) is 9.59 Å². The molecule has 1 atom stereocenters. The quantitative estimate of drug-likeness (QED) is 0.759. The van der Waals surface area contributed by atoms with Gasteiger partial charge in [-0.3, -0.25) is 9.59 Å². The third-order valence-corrected chi connectivity index (χ3v) is 4.33. The first-order valence-corrected chi connectivity index (χ1v) is 7.23. The first kappa shape index (κ1) is 14.3. The van der Waals surface area contributed by atoms with E-state index in [0.717, 1.165) is 38.5 Å². The first-order valence-electron chi connectivity index (χ1n) is 7.23. The zero-order chi connectivity index (χ0) is 13.9. The molecular weight excluding hydrogens is 244 g/mol. The minimum Gasteiger partial charge on any atom is -0.385 e. The Hall–Kier alpha value is -1.10. The van der Waals surface area contributed by atoms with Crippen LogP contribution in [0.4, 0.5) is 0 Å². The molecule has 1 saturated heterocycles. The van der Waals surface area contributed by atoms with E-state index in [0.29, 0.717) is 13.2 Å². The predicted octanol–water partition coefficient (Wildman–Crippen LogP) is 1.07. The summed E-state index contributed by atoms with van der Waals surface area (Å²) in [7, 11) is 1.68. The maximum atomic E-state index is 12.4. The number of amides is 2. The van der Waals surface area contributed by atoms with Crippen molar-refractivity contribution in [3.05, 3.63) is 0 Å². The van der Waals surface area contributed by atoms with Gasteiger partial charge in [-0.2, -0.15) is 0 Å². The molecule has 1 heterocycles. The van der Waals surface area contributed by atoms with Crippen LogP contribution in [0.25, 0.3) is 0 Å². The number of unbranched alkanes of at least 4 members (excludes halogenated alkanes) is 1. The van der Waals surface area contributed by atoms with Crippen molar-refractivity contribution in [1.29, 1.82) is 0 Å². The van der Waals surface area contributed by atoms with Gasteiger partial charge in [-0.05, 0) is 32.6 Å². The fourth-order valence-corrected chi connectivity index (χ4v) is 3.26. The Kier molecular flexibility index (Phi) is 4.45. The molecule has 1 N–H and O–H groups in total. The van der Waals surface area contributed by atoms with Crippen LogP contribution in [0.1, 0.15) is 45.4 Å². The summed E-state index contributed by atoms with van der Waals surface area (Å²) in [6, 6.07) is -0.388. The summed E-state index contributed by atoms with van der Waals surface area (Å²) in [6.07, 6.45) is 5.49. The predicted molar refractivity (Wildman–Crippen MR) is 71.6 cm³/mol. The molecule has 2 rings (SSSR count). The van der Waals surface area contributed by atoms with Crippen LogP contribution in [0.2, 0.25) is 0 Å². The van der Waals surface area contributed by atoms with Crippen molar-refractivity contribution in [2.24, 2.45) is 0 Å². The summed E-state index contributed by atoms with van der Waals surface area (Å²) in [6.45, 7) is 3.14. The lowest BCUT2D eigenvalue weighted by atomic mass is 9.89. The largest absolute Gasteiger partial charge is 0.385 e. The average Bonchev–Trinajstić information content (AvgIpc) is 2.87. The fourth-order valence-electron chi connectivity index (χ4n) is 3.26. The molecule has 0 aromatic carbocycles. The van der Waals surface area contributed by atoms with E-state index < -0.39 is 5.54 Å². The van der Waals surface area contributed by atoms with E-state index in [2.05, 4.69) is 5.32 Å². The van der Waals surface area contributed by atoms with Crippen molar-refractivity contribution >= 4 is 11.8 Å². The number of piperazine rings is 1. The average molecular weight is 268 g/mol. The number of ether oxygens (including phenoxy) is 1. The fraction of sp³-hybridized carbons (Fsp3) is 0.857. The Balaban J connectivity index is 2.08. The lowest BCUT2D eigenvalue weighted by Gasteiger charge is -2.45. The summed E-state index contributed by atoms with van der Waals surface area (Å²) in [5, 5.41) is 2.84. The highest BCUT2D eigenvalue weighted by atomic mass is 16.5. The Morgan fingerprint density at radius 2 is 2.00 bits per heavy atom. The van der Waals surface area contributed by atoms with Gasteiger partial charge in [0.2, 0.25) is 11.8 Å². The van der Waals surface area contributed by atoms with Crippen molar-refractivity contribution < 1.29 is 14.3 Å². The number of carbonyl (C=O) groups is 2. The highest BCUT2D eigenvalue weighted by Gasteiger charge is 2.52. The van der Waals surface area contributed by atoms with Crippen LogP contribution in [0.3, 0.4) is 0 Å². The third kappa shape index (κ3) is 2.61. The second kappa shape index (κ2) is 5.90. The second-order valence-corrected chi connectivity index (χ2v) is 5.62. The SMILES string of the molecule is COCCCCN1C(=O)C(C)NC(=O)C12CCCC2. The van der Waals surface area contributed by atoms with Crippen molar-refractivity contribution in [2.45, 2.75) is 57.0 Å². The van der Waals surface area contributed by atoms with E-state index in [1.54, 1.807) is 14.0 Å². The monoisotopic (exact) mass is 268 g/mol. The van der Waals surface area contributed by atoms with Gasteiger partial charge in [0.15, 0.2) is 0 Å². The Bertz CT molecular complexity index is 351. The molecular formula is C14H24N2O3. The lowest BCUT2D eigenvalue weighted by Crippen LogP contribution is -2.69. The van der Waals surface area contributed by atoms with Gasteiger partial charge in [0, 0.05) is 20.3 Å². The minimum atomic E-state index is -0.559. The maximum absolute atomic E-state index is 12.4. The molecule has 1 aliphatic heterocycles. The van der Waals surface area contributed by atoms with E-state index in [1.807, 2.05) is 4.90 Å². The summed E-state index contributed by atoms with van der Waals surface area (Å²) in [5.74, 6) is 0.114. The number of methoxy groups -OCH3 is 1. The molecule has 2 amide bonds. The highest BCUT2D eigenvalue weighted by molar-refractivity contribution is 5.99. The Labute approximate surface area is 114 Å². The van der Waals surface area contributed by atoms with Gasteiger partial charge in [-0.15, -0.1) is 0 Å². The molecule has 2 aliphatic rings. The number of rotatable bonds is 5. The lowest BCUT2D eigenvalue weighted by molar-refractivity contribution is -0.156. The van der Waals surface area contributed by atoms with Gasteiger partial charge in [0.1, 0.15) is 11.6 Å². The minimum absolute atomic E-state index is 0.0452. The van der Waals surface area contributed by atoms with Crippen molar-refractivity contribution in [2.75, 3.05) is 20.3 Å². The number of nitrogens with zero attached hydrogens (tertiary/aromatic N) is 1. The highest BCUT2D eigenvalue weighted by Crippen LogP contribution is 2.38. The van der Waals surface area contributed by atoms with Crippen LogP contribution in [-0.2, 0) is 14.3 Å². The zero-order valence-corrected chi connectivity index (χ0v) is 11.9. The summed E-state index contributed by atoms with van der Waals surface area (Å²) in [4.78, 5) is 26.6. The normalized spacial score (nSPS) is 26.0. The Morgan fingerprint density at radius 1 is 1.32 bits per heavy atom. The smallest absolute Gasteiger partial charge is 0.246 e. The molecule has 108 valence electrons. The molecule has 1 unspecified atom stereocenters. The van der Waals surface area contributed by atoms with Gasteiger partial charge < -0.3 is 15.0 Å². The van der Waals surface area contributed by atoms with Crippen molar-refractivity contribution in [3.63, 3.8) is 0 Å². The van der Waals surface area contributed by atoms with Crippen LogP contribution < -0.4 is 5.32 Å². The van der Waals surface area contributed by atoms with Crippen LogP contribution >= 0.6 is 0 Å². The van der Waals surface area contributed by atoms with Crippen LogP contribution in [0.15, 0.2) is 0 Å². The summed E-state index contributed by atoms with van der Waals surface area (Å²) >= 11 is 0. The summed E-state index contributed by atoms with van der Waals surface area (Å²) in [5.41, 5.74) is -0.559. The number of nitrogens with one attached hydrogen (secondary N) is 1. The first-order chi connectivity index (χ1) is 9.12. The Morgan fingerprint density at radius 3 is 2.63 bits per heavy atom. The summed E-state index contributed by atoms with van der Waals surface area (Å²) < 4.78 is 5.03. The molecule has 5 nitrogen and oxygen atoms in total. The molecule has 0 aromatic rings. The second-order valence-electron chi connectivity index (χ2n) is 5.62. The van der Waals surface area contributed by atoms with E-state index in [1.165, 1.54) is 0 Å². The molecule has 1 saturated carbocycles. The van der Waals surface area contributed by atoms with Gasteiger partial charge in [-0.25, -0.2) is 0 Å². The molecule has 0 bridgehead atoms. The van der Waals surface area contributed by atoms with Gasteiger partial charge in [0.05, 0.1) is 0 Å². The molecule has 1 aliphatic carbocycles. The molecule has 1 spiro atoms. The molecule has 0 aromatic heterocycles. The molecule has 0 radical (unpaired) electrons.